The molecular weight excluding hydrogens is 190 g/mol. The normalized spacial score (nSPS) is 12.3. The molecular formula is C10H10F2O2. The van der Waals surface area contributed by atoms with Crippen LogP contribution < -0.4 is 0 Å². The van der Waals surface area contributed by atoms with Crippen LogP contribution >= 0.6 is 0 Å². The maximum atomic E-state index is 13.1. The molecule has 0 aliphatic carbocycles. The summed E-state index contributed by atoms with van der Waals surface area (Å²) in [6, 6.07) is 3.10. The molecule has 0 bridgehead atoms. The second-order valence-corrected chi connectivity index (χ2v) is 2.91. The SMILES string of the molecule is COC(=O)[C@@H](C)c1ccc(F)cc1F. The zero-order chi connectivity index (χ0) is 10.7. The number of hydrogen-bond acceptors (Lipinski definition) is 2. The summed E-state index contributed by atoms with van der Waals surface area (Å²) in [5.41, 5.74) is 0.137. The Hall–Kier alpha value is -1.45. The van der Waals surface area contributed by atoms with Crippen molar-refractivity contribution in [2.45, 2.75) is 12.8 Å². The molecule has 0 aromatic heterocycles. The molecule has 0 N–H and O–H groups in total. The van der Waals surface area contributed by atoms with Gasteiger partial charge in [0.05, 0.1) is 13.0 Å². The van der Waals surface area contributed by atoms with E-state index in [0.717, 1.165) is 12.1 Å². The Labute approximate surface area is 80.5 Å². The molecule has 0 amide bonds. The van der Waals surface area contributed by atoms with E-state index in [9.17, 15) is 13.6 Å². The maximum Gasteiger partial charge on any atom is 0.312 e. The highest BCUT2D eigenvalue weighted by molar-refractivity contribution is 5.77. The summed E-state index contributed by atoms with van der Waals surface area (Å²) >= 11 is 0. The van der Waals surface area contributed by atoms with Crippen LogP contribution in [0.25, 0.3) is 0 Å². The maximum absolute atomic E-state index is 13.1. The Morgan fingerprint density at radius 2 is 2.07 bits per heavy atom. The third-order valence-corrected chi connectivity index (χ3v) is 1.98. The van der Waals surface area contributed by atoms with Crippen molar-refractivity contribution in [1.29, 1.82) is 0 Å². The number of halogens is 2. The van der Waals surface area contributed by atoms with Crippen LogP contribution in [0.1, 0.15) is 18.4 Å². The van der Waals surface area contributed by atoms with Crippen LogP contribution in [0.5, 0.6) is 0 Å². The Morgan fingerprint density at radius 1 is 1.43 bits per heavy atom. The average Bonchev–Trinajstić information content (AvgIpc) is 2.15. The zero-order valence-electron chi connectivity index (χ0n) is 7.88. The van der Waals surface area contributed by atoms with E-state index in [4.69, 9.17) is 0 Å². The minimum atomic E-state index is -0.733. The number of carbonyl (C=O) groups is 1. The quantitative estimate of drug-likeness (QED) is 0.684. The zero-order valence-corrected chi connectivity index (χ0v) is 7.88. The van der Waals surface area contributed by atoms with E-state index in [1.165, 1.54) is 20.1 Å². The topological polar surface area (TPSA) is 26.3 Å². The third-order valence-electron chi connectivity index (χ3n) is 1.98. The lowest BCUT2D eigenvalue weighted by Gasteiger charge is -2.09. The van der Waals surface area contributed by atoms with Crippen molar-refractivity contribution < 1.29 is 18.3 Å². The molecule has 0 aliphatic heterocycles. The Kier molecular flexibility index (Phi) is 3.17. The Morgan fingerprint density at radius 3 is 2.57 bits per heavy atom. The number of rotatable bonds is 2. The summed E-state index contributed by atoms with van der Waals surface area (Å²) in [6.45, 7) is 1.50. The molecule has 0 unspecified atom stereocenters. The predicted molar refractivity (Wildman–Crippen MR) is 46.8 cm³/mol. The van der Waals surface area contributed by atoms with E-state index < -0.39 is 23.5 Å². The van der Waals surface area contributed by atoms with Crippen LogP contribution in [-0.2, 0) is 9.53 Å². The molecule has 0 heterocycles. The highest BCUT2D eigenvalue weighted by Crippen LogP contribution is 2.20. The van der Waals surface area contributed by atoms with E-state index in [1.54, 1.807) is 0 Å². The molecule has 0 aliphatic rings. The lowest BCUT2D eigenvalue weighted by Crippen LogP contribution is -2.12. The molecule has 1 aromatic rings. The summed E-state index contributed by atoms with van der Waals surface area (Å²) in [6.07, 6.45) is 0. The van der Waals surface area contributed by atoms with Crippen LogP contribution in [0.15, 0.2) is 18.2 Å². The molecule has 2 nitrogen and oxygen atoms in total. The van der Waals surface area contributed by atoms with Gasteiger partial charge in [0.25, 0.3) is 0 Å². The number of carbonyl (C=O) groups excluding carboxylic acids is 1. The van der Waals surface area contributed by atoms with Gasteiger partial charge in [-0.25, -0.2) is 8.78 Å². The molecule has 1 atom stereocenters. The van der Waals surface area contributed by atoms with E-state index in [1.807, 2.05) is 0 Å². The van der Waals surface area contributed by atoms with Gasteiger partial charge in [0.1, 0.15) is 11.6 Å². The fraction of sp³-hybridized carbons (Fsp3) is 0.300. The van der Waals surface area contributed by atoms with Crippen LogP contribution in [0.2, 0.25) is 0 Å². The van der Waals surface area contributed by atoms with Crippen molar-refractivity contribution >= 4 is 5.97 Å². The van der Waals surface area contributed by atoms with Gasteiger partial charge < -0.3 is 4.74 Å². The molecule has 0 saturated carbocycles. The van der Waals surface area contributed by atoms with E-state index in [0.29, 0.717) is 0 Å². The largest absolute Gasteiger partial charge is 0.469 e. The first kappa shape index (κ1) is 10.6. The van der Waals surface area contributed by atoms with Gasteiger partial charge in [0, 0.05) is 11.6 Å². The minimum Gasteiger partial charge on any atom is -0.469 e. The monoisotopic (exact) mass is 200 g/mol. The van der Waals surface area contributed by atoms with Crippen molar-refractivity contribution in [2.24, 2.45) is 0 Å². The second-order valence-electron chi connectivity index (χ2n) is 2.91. The van der Waals surface area contributed by atoms with Crippen molar-refractivity contribution in [1.82, 2.24) is 0 Å². The lowest BCUT2D eigenvalue weighted by molar-refractivity contribution is -0.142. The third kappa shape index (κ3) is 2.07. The van der Waals surface area contributed by atoms with Crippen LogP contribution in [-0.4, -0.2) is 13.1 Å². The minimum absolute atomic E-state index is 0.137. The number of methoxy groups -OCH3 is 1. The molecule has 0 fully saturated rings. The summed E-state index contributed by atoms with van der Waals surface area (Å²) in [4.78, 5) is 11.1. The second kappa shape index (κ2) is 4.17. The summed E-state index contributed by atoms with van der Waals surface area (Å²) < 4.78 is 30.1. The highest BCUT2D eigenvalue weighted by Gasteiger charge is 2.19. The Balaban J connectivity index is 3.01. The number of ether oxygens (including phenoxy) is 1. The van der Waals surface area contributed by atoms with Crippen molar-refractivity contribution in [3.05, 3.63) is 35.4 Å². The first-order chi connectivity index (χ1) is 6.56. The lowest BCUT2D eigenvalue weighted by atomic mass is 10.0. The van der Waals surface area contributed by atoms with Gasteiger partial charge in [0.2, 0.25) is 0 Å². The van der Waals surface area contributed by atoms with Gasteiger partial charge in [-0.3, -0.25) is 4.79 Å². The molecule has 0 spiro atoms. The molecule has 1 rings (SSSR count). The van der Waals surface area contributed by atoms with Gasteiger partial charge in [-0.15, -0.1) is 0 Å². The van der Waals surface area contributed by atoms with E-state index >= 15 is 0 Å². The molecule has 0 radical (unpaired) electrons. The van der Waals surface area contributed by atoms with Gasteiger partial charge in [-0.2, -0.15) is 0 Å². The summed E-state index contributed by atoms with van der Waals surface area (Å²) in [5.74, 6) is -2.66. The fourth-order valence-electron chi connectivity index (χ4n) is 1.16. The number of benzene rings is 1. The van der Waals surface area contributed by atoms with Crippen molar-refractivity contribution in [3.63, 3.8) is 0 Å². The number of esters is 1. The summed E-state index contributed by atoms with van der Waals surface area (Å²) in [7, 11) is 1.22. The Bertz CT molecular complexity index is 350. The van der Waals surface area contributed by atoms with Crippen LogP contribution in [0, 0.1) is 11.6 Å². The van der Waals surface area contributed by atoms with E-state index in [-0.39, 0.29) is 5.56 Å². The number of hydrogen-bond donors (Lipinski definition) is 0. The van der Waals surface area contributed by atoms with Crippen molar-refractivity contribution in [3.8, 4) is 0 Å². The fourth-order valence-corrected chi connectivity index (χ4v) is 1.16. The van der Waals surface area contributed by atoms with Gasteiger partial charge in [-0.05, 0) is 13.0 Å². The molecule has 76 valence electrons. The molecule has 4 heteroatoms. The van der Waals surface area contributed by atoms with Gasteiger partial charge in [0.15, 0.2) is 0 Å². The first-order valence-electron chi connectivity index (χ1n) is 4.09. The standard InChI is InChI=1S/C10H10F2O2/c1-6(10(13)14-2)8-4-3-7(11)5-9(8)12/h3-6H,1-2H3/t6-/m0/s1. The summed E-state index contributed by atoms with van der Waals surface area (Å²) in [5, 5.41) is 0. The molecule has 14 heavy (non-hydrogen) atoms. The average molecular weight is 200 g/mol. The van der Waals surface area contributed by atoms with Gasteiger partial charge in [-0.1, -0.05) is 6.07 Å². The van der Waals surface area contributed by atoms with E-state index in [2.05, 4.69) is 4.74 Å². The highest BCUT2D eigenvalue weighted by atomic mass is 19.1. The first-order valence-corrected chi connectivity index (χ1v) is 4.09. The van der Waals surface area contributed by atoms with Gasteiger partial charge >= 0.3 is 5.97 Å². The van der Waals surface area contributed by atoms with Crippen LogP contribution in [0.4, 0.5) is 8.78 Å². The molecule has 1 aromatic carbocycles. The predicted octanol–water partition coefficient (Wildman–Crippen LogP) is 2.24. The van der Waals surface area contributed by atoms with Crippen LogP contribution in [0.3, 0.4) is 0 Å². The molecule has 0 saturated heterocycles. The van der Waals surface area contributed by atoms with Crippen molar-refractivity contribution in [2.75, 3.05) is 7.11 Å². The smallest absolute Gasteiger partial charge is 0.312 e.